The number of nitrogens with one attached hydrogen (secondary N) is 1. The van der Waals surface area contributed by atoms with Crippen molar-refractivity contribution in [2.45, 2.75) is 20.0 Å². The number of nitro benzene ring substituents is 1. The number of nitrogens with zero attached hydrogens (tertiary/aromatic N) is 2. The molecule has 1 aliphatic rings. The highest BCUT2D eigenvalue weighted by atomic mass is 16.6. The number of carbonyl (C=O) groups excluding carboxylic acids is 2. The van der Waals surface area contributed by atoms with Crippen LogP contribution in [0.15, 0.2) is 48.2 Å². The van der Waals surface area contributed by atoms with Gasteiger partial charge in [-0.1, -0.05) is 25.1 Å². The second kappa shape index (κ2) is 9.08. The Labute approximate surface area is 173 Å². The summed E-state index contributed by atoms with van der Waals surface area (Å²) in [6, 6.07) is 10.8. The predicted molar refractivity (Wildman–Crippen MR) is 109 cm³/mol. The zero-order valence-corrected chi connectivity index (χ0v) is 16.6. The van der Waals surface area contributed by atoms with Crippen molar-refractivity contribution in [3.63, 3.8) is 0 Å². The van der Waals surface area contributed by atoms with E-state index < -0.39 is 11.0 Å². The van der Waals surface area contributed by atoms with Gasteiger partial charge in [-0.2, -0.15) is 0 Å². The number of hydrogen-bond donors (Lipinski definition) is 1. The number of non-ortho nitro benzene ring substituents is 1. The Kier molecular flexibility index (Phi) is 6.31. The lowest BCUT2D eigenvalue weighted by Gasteiger charge is -2.11. The summed E-state index contributed by atoms with van der Waals surface area (Å²) in [5, 5.41) is 13.5. The van der Waals surface area contributed by atoms with Crippen molar-refractivity contribution in [1.82, 2.24) is 10.2 Å². The number of methoxy groups -OCH3 is 1. The average molecular weight is 411 g/mol. The molecule has 0 aromatic heterocycles. The van der Waals surface area contributed by atoms with Gasteiger partial charge in [0.15, 0.2) is 11.5 Å². The smallest absolute Gasteiger partial charge is 0.329 e. The Morgan fingerprint density at radius 2 is 1.97 bits per heavy atom. The monoisotopic (exact) mass is 411 g/mol. The Morgan fingerprint density at radius 1 is 1.17 bits per heavy atom. The van der Waals surface area contributed by atoms with Crippen molar-refractivity contribution < 1.29 is 24.0 Å². The molecule has 0 radical (unpaired) electrons. The third-order valence-corrected chi connectivity index (χ3v) is 4.42. The van der Waals surface area contributed by atoms with Crippen LogP contribution in [0.2, 0.25) is 0 Å². The van der Waals surface area contributed by atoms with Crippen molar-refractivity contribution in [2.75, 3.05) is 13.7 Å². The molecule has 0 aliphatic carbocycles. The summed E-state index contributed by atoms with van der Waals surface area (Å²) in [7, 11) is 1.48. The van der Waals surface area contributed by atoms with Crippen LogP contribution in [-0.2, 0) is 11.4 Å². The van der Waals surface area contributed by atoms with Crippen LogP contribution in [-0.4, -0.2) is 35.4 Å². The van der Waals surface area contributed by atoms with E-state index >= 15 is 0 Å². The van der Waals surface area contributed by atoms with E-state index in [1.54, 1.807) is 36.4 Å². The molecule has 2 aromatic carbocycles. The lowest BCUT2D eigenvalue weighted by molar-refractivity contribution is -0.384. The maximum atomic E-state index is 12.3. The lowest BCUT2D eigenvalue weighted by atomic mass is 10.1. The van der Waals surface area contributed by atoms with E-state index in [1.807, 2.05) is 6.92 Å². The predicted octanol–water partition coefficient (Wildman–Crippen LogP) is 3.49. The molecule has 156 valence electrons. The molecule has 0 unspecified atom stereocenters. The summed E-state index contributed by atoms with van der Waals surface area (Å²) in [4.78, 5) is 35.8. The molecule has 3 rings (SSSR count). The second-order valence-electron chi connectivity index (χ2n) is 6.57. The summed E-state index contributed by atoms with van der Waals surface area (Å²) in [5.74, 6) is 0.504. The van der Waals surface area contributed by atoms with Gasteiger partial charge in [0.05, 0.1) is 12.0 Å². The van der Waals surface area contributed by atoms with Gasteiger partial charge in [-0.25, -0.2) is 4.79 Å². The van der Waals surface area contributed by atoms with Crippen LogP contribution in [0.5, 0.6) is 11.5 Å². The maximum Gasteiger partial charge on any atom is 0.329 e. The average Bonchev–Trinajstić information content (AvgIpc) is 3.00. The number of benzene rings is 2. The number of amides is 3. The van der Waals surface area contributed by atoms with Gasteiger partial charge in [0.25, 0.3) is 11.6 Å². The van der Waals surface area contributed by atoms with Crippen LogP contribution in [0.1, 0.15) is 24.5 Å². The molecule has 9 nitrogen and oxygen atoms in total. The Hall–Kier alpha value is -3.88. The number of urea groups is 1. The van der Waals surface area contributed by atoms with Crippen LogP contribution < -0.4 is 14.8 Å². The number of ether oxygens (including phenoxy) is 2. The fourth-order valence-electron chi connectivity index (χ4n) is 2.98. The first-order valence-corrected chi connectivity index (χ1v) is 9.31. The van der Waals surface area contributed by atoms with Gasteiger partial charge in [0, 0.05) is 18.7 Å². The lowest BCUT2D eigenvalue weighted by Crippen LogP contribution is -2.31. The summed E-state index contributed by atoms with van der Waals surface area (Å²) >= 11 is 0. The first-order chi connectivity index (χ1) is 14.4. The summed E-state index contributed by atoms with van der Waals surface area (Å²) in [6.07, 6.45) is 2.25. The van der Waals surface area contributed by atoms with Crippen molar-refractivity contribution >= 4 is 23.7 Å². The van der Waals surface area contributed by atoms with Crippen LogP contribution in [0.25, 0.3) is 6.08 Å². The highest BCUT2D eigenvalue weighted by molar-refractivity contribution is 6.13. The summed E-state index contributed by atoms with van der Waals surface area (Å²) in [5.41, 5.74) is 1.48. The van der Waals surface area contributed by atoms with Crippen LogP contribution in [0.4, 0.5) is 10.5 Å². The quantitative estimate of drug-likeness (QED) is 0.308. The molecule has 1 heterocycles. The number of carbonyl (C=O) groups is 2. The van der Waals surface area contributed by atoms with Gasteiger partial charge in [-0.15, -0.1) is 0 Å². The van der Waals surface area contributed by atoms with Crippen LogP contribution in [0.3, 0.4) is 0 Å². The summed E-state index contributed by atoms with van der Waals surface area (Å²) in [6.45, 7) is 2.37. The molecule has 0 spiro atoms. The summed E-state index contributed by atoms with van der Waals surface area (Å²) < 4.78 is 11.1. The molecule has 1 aliphatic heterocycles. The number of nitro groups is 1. The molecule has 1 saturated heterocycles. The maximum absolute atomic E-state index is 12.3. The van der Waals surface area contributed by atoms with Gasteiger partial charge in [0.1, 0.15) is 12.3 Å². The Bertz CT molecular complexity index is 1020. The van der Waals surface area contributed by atoms with E-state index in [0.29, 0.717) is 35.6 Å². The molecular weight excluding hydrogens is 390 g/mol. The standard InChI is InChI=1S/C21H21N3O6/c1-3-9-23-20(25)17(22-21(23)26)11-14-7-8-18(19(12-14)29-2)30-13-15-5-4-6-16(10-15)24(27)28/h4-8,10-12H,3,9,13H2,1-2H3,(H,22,26)/b17-11+. The van der Waals surface area contributed by atoms with Gasteiger partial charge in [-0.05, 0) is 35.8 Å². The molecule has 30 heavy (non-hydrogen) atoms. The minimum absolute atomic E-state index is 0.00886. The normalized spacial score (nSPS) is 14.7. The molecule has 3 amide bonds. The van der Waals surface area contributed by atoms with Gasteiger partial charge in [0.2, 0.25) is 0 Å². The molecule has 1 fully saturated rings. The number of hydrogen-bond acceptors (Lipinski definition) is 6. The van der Waals surface area contributed by atoms with Crippen LogP contribution >= 0.6 is 0 Å². The first kappa shape index (κ1) is 20.8. The van der Waals surface area contributed by atoms with Gasteiger partial charge < -0.3 is 14.8 Å². The zero-order chi connectivity index (χ0) is 21.7. The fourth-order valence-corrected chi connectivity index (χ4v) is 2.98. The molecular formula is C21H21N3O6. The molecule has 0 bridgehead atoms. The first-order valence-electron chi connectivity index (χ1n) is 9.31. The van der Waals surface area contributed by atoms with E-state index in [9.17, 15) is 19.7 Å². The molecule has 0 atom stereocenters. The zero-order valence-electron chi connectivity index (χ0n) is 16.6. The van der Waals surface area contributed by atoms with E-state index in [0.717, 1.165) is 0 Å². The molecule has 9 heteroatoms. The minimum atomic E-state index is -0.461. The third kappa shape index (κ3) is 4.57. The molecule has 1 N–H and O–H groups in total. The molecule has 2 aromatic rings. The Balaban J connectivity index is 1.75. The van der Waals surface area contributed by atoms with Crippen molar-refractivity contribution in [3.8, 4) is 11.5 Å². The van der Waals surface area contributed by atoms with E-state index in [1.165, 1.54) is 24.1 Å². The Morgan fingerprint density at radius 3 is 2.67 bits per heavy atom. The topological polar surface area (TPSA) is 111 Å². The SMILES string of the molecule is CCCN1C(=O)N/C(=C/c2ccc(OCc3cccc([N+](=O)[O-])c3)c(OC)c2)C1=O. The fraction of sp³-hybridized carbons (Fsp3) is 0.238. The van der Waals surface area contributed by atoms with Crippen molar-refractivity contribution in [2.24, 2.45) is 0 Å². The molecule has 0 saturated carbocycles. The number of rotatable bonds is 8. The highest BCUT2D eigenvalue weighted by Crippen LogP contribution is 2.30. The van der Waals surface area contributed by atoms with E-state index in [-0.39, 0.29) is 23.9 Å². The van der Waals surface area contributed by atoms with E-state index in [2.05, 4.69) is 5.32 Å². The van der Waals surface area contributed by atoms with Crippen molar-refractivity contribution in [3.05, 3.63) is 69.4 Å². The number of imide groups is 1. The van der Waals surface area contributed by atoms with Gasteiger partial charge in [-0.3, -0.25) is 19.8 Å². The largest absolute Gasteiger partial charge is 0.493 e. The van der Waals surface area contributed by atoms with E-state index in [4.69, 9.17) is 9.47 Å². The van der Waals surface area contributed by atoms with Crippen molar-refractivity contribution in [1.29, 1.82) is 0 Å². The van der Waals surface area contributed by atoms with Gasteiger partial charge >= 0.3 is 6.03 Å². The second-order valence-corrected chi connectivity index (χ2v) is 6.57. The minimum Gasteiger partial charge on any atom is -0.493 e. The highest BCUT2D eigenvalue weighted by Gasteiger charge is 2.32. The van der Waals surface area contributed by atoms with Crippen LogP contribution in [0, 0.1) is 10.1 Å². The third-order valence-electron chi connectivity index (χ3n) is 4.42.